The lowest BCUT2D eigenvalue weighted by molar-refractivity contribution is 0.0989. The molecule has 3 nitrogen and oxygen atoms in total. The molecule has 0 atom stereocenters. The van der Waals surface area contributed by atoms with Crippen LogP contribution in [0.5, 0.6) is 0 Å². The number of aromatic nitrogens is 1. The maximum atomic E-state index is 11.6. The van der Waals surface area contributed by atoms with Crippen LogP contribution in [0, 0.1) is 0 Å². The normalized spacial score (nSPS) is 10.9. The standard InChI is InChI=1S/C11H10ClNO2S/c1-13-8-3-2-7(9(14)4-5-12)6-10(8)16-11(13)15/h2-3,6H,4-5H2,1H3. The first kappa shape index (κ1) is 11.4. The van der Waals surface area contributed by atoms with E-state index < -0.39 is 0 Å². The van der Waals surface area contributed by atoms with Gasteiger partial charge < -0.3 is 4.57 Å². The first-order valence-corrected chi connectivity index (χ1v) is 6.17. The van der Waals surface area contributed by atoms with Gasteiger partial charge in [0.15, 0.2) is 5.78 Å². The van der Waals surface area contributed by atoms with Crippen molar-refractivity contribution in [3.63, 3.8) is 0 Å². The molecule has 0 spiro atoms. The number of carbonyl (C=O) groups excluding carboxylic acids is 1. The molecular weight excluding hydrogens is 246 g/mol. The number of carbonyl (C=O) groups is 1. The lowest BCUT2D eigenvalue weighted by Crippen LogP contribution is -2.06. The van der Waals surface area contributed by atoms with E-state index in [0.717, 1.165) is 21.6 Å². The first-order chi connectivity index (χ1) is 7.63. The van der Waals surface area contributed by atoms with Crippen molar-refractivity contribution in [1.82, 2.24) is 4.57 Å². The number of rotatable bonds is 3. The molecule has 0 bridgehead atoms. The van der Waals surface area contributed by atoms with E-state index in [-0.39, 0.29) is 10.7 Å². The molecule has 84 valence electrons. The number of nitrogens with zero attached hydrogens (tertiary/aromatic N) is 1. The topological polar surface area (TPSA) is 39.1 Å². The molecule has 0 N–H and O–H groups in total. The molecule has 0 amide bonds. The van der Waals surface area contributed by atoms with Crippen LogP contribution >= 0.6 is 22.9 Å². The zero-order valence-electron chi connectivity index (χ0n) is 8.70. The Kier molecular flexibility index (Phi) is 3.12. The molecule has 0 aliphatic carbocycles. The average Bonchev–Trinajstić information content (AvgIpc) is 2.55. The Morgan fingerprint density at radius 1 is 1.50 bits per heavy atom. The zero-order valence-corrected chi connectivity index (χ0v) is 10.3. The van der Waals surface area contributed by atoms with E-state index >= 15 is 0 Å². The molecule has 0 fully saturated rings. The highest BCUT2D eigenvalue weighted by molar-refractivity contribution is 7.16. The fraction of sp³-hybridized carbons (Fsp3) is 0.273. The van der Waals surface area contributed by atoms with Crippen LogP contribution < -0.4 is 4.87 Å². The Hall–Kier alpha value is -1.13. The van der Waals surface area contributed by atoms with Crippen molar-refractivity contribution in [1.29, 1.82) is 0 Å². The number of fused-ring (bicyclic) bond motifs is 1. The molecule has 0 aliphatic rings. The number of hydrogen-bond acceptors (Lipinski definition) is 3. The molecule has 0 saturated carbocycles. The van der Waals surface area contributed by atoms with Crippen molar-refractivity contribution in [2.75, 3.05) is 5.88 Å². The summed E-state index contributed by atoms with van der Waals surface area (Å²) in [5.41, 5.74) is 1.48. The minimum absolute atomic E-state index is 0.0143. The SMILES string of the molecule is Cn1c(=O)sc2cc(C(=O)CCCl)ccc21. The van der Waals surface area contributed by atoms with Crippen molar-refractivity contribution in [2.45, 2.75) is 6.42 Å². The minimum atomic E-state index is -0.0167. The number of alkyl halides is 1. The molecule has 0 unspecified atom stereocenters. The largest absolute Gasteiger partial charge is 0.307 e. The van der Waals surface area contributed by atoms with Gasteiger partial charge in [0.1, 0.15) is 0 Å². The quantitative estimate of drug-likeness (QED) is 0.624. The van der Waals surface area contributed by atoms with E-state index in [4.69, 9.17) is 11.6 Å². The first-order valence-electron chi connectivity index (χ1n) is 4.82. The Morgan fingerprint density at radius 2 is 2.25 bits per heavy atom. The second-order valence-corrected chi connectivity index (χ2v) is 4.84. The summed E-state index contributed by atoms with van der Waals surface area (Å²) in [6.45, 7) is 0. The van der Waals surface area contributed by atoms with Gasteiger partial charge in [0.05, 0.1) is 10.2 Å². The molecule has 16 heavy (non-hydrogen) atoms. The summed E-state index contributed by atoms with van der Waals surface area (Å²) < 4.78 is 2.42. The van der Waals surface area contributed by atoms with Gasteiger partial charge in [-0.15, -0.1) is 11.6 Å². The van der Waals surface area contributed by atoms with Gasteiger partial charge in [0.25, 0.3) is 0 Å². The van der Waals surface area contributed by atoms with Gasteiger partial charge in [-0.05, 0) is 18.2 Å². The second kappa shape index (κ2) is 4.39. The Balaban J connectivity index is 2.52. The molecular formula is C11H10ClNO2S. The molecule has 2 rings (SSSR count). The fourth-order valence-electron chi connectivity index (χ4n) is 1.54. The van der Waals surface area contributed by atoms with Crippen LogP contribution in [0.3, 0.4) is 0 Å². The van der Waals surface area contributed by atoms with Crippen molar-refractivity contribution in [2.24, 2.45) is 7.05 Å². The summed E-state index contributed by atoms with van der Waals surface area (Å²) in [6, 6.07) is 5.30. The van der Waals surface area contributed by atoms with Crippen LogP contribution in [0.25, 0.3) is 10.2 Å². The Bertz CT molecular complexity index is 600. The number of hydrogen-bond donors (Lipinski definition) is 0. The number of halogens is 1. The molecule has 1 aromatic heterocycles. The smallest absolute Gasteiger partial charge is 0.302 e. The molecule has 1 heterocycles. The summed E-state index contributed by atoms with van der Waals surface area (Å²) in [5.74, 6) is 0.336. The summed E-state index contributed by atoms with van der Waals surface area (Å²) in [5, 5.41) is 0. The second-order valence-electron chi connectivity index (χ2n) is 3.47. The molecule has 5 heteroatoms. The van der Waals surface area contributed by atoms with Gasteiger partial charge in [-0.3, -0.25) is 9.59 Å². The Morgan fingerprint density at radius 3 is 2.94 bits per heavy atom. The number of aryl methyl sites for hydroxylation is 1. The minimum Gasteiger partial charge on any atom is -0.302 e. The molecule has 0 radical (unpaired) electrons. The number of Topliss-reactive ketones (excluding diaryl/α,β-unsaturated/α-hetero) is 1. The van der Waals surface area contributed by atoms with Crippen molar-refractivity contribution in [3.8, 4) is 0 Å². The summed E-state index contributed by atoms with van der Waals surface area (Å²) in [4.78, 5) is 23.0. The van der Waals surface area contributed by atoms with Crippen LogP contribution in [0.4, 0.5) is 0 Å². The van der Waals surface area contributed by atoms with E-state index in [9.17, 15) is 9.59 Å². The highest BCUT2D eigenvalue weighted by atomic mass is 35.5. The molecule has 2 aromatic rings. The van der Waals surface area contributed by atoms with Crippen LogP contribution in [0.1, 0.15) is 16.8 Å². The van der Waals surface area contributed by atoms with Gasteiger partial charge in [0, 0.05) is 24.9 Å². The van der Waals surface area contributed by atoms with E-state index in [1.807, 2.05) is 0 Å². The fourth-order valence-corrected chi connectivity index (χ4v) is 2.63. The van der Waals surface area contributed by atoms with Crippen molar-refractivity contribution < 1.29 is 4.79 Å². The lowest BCUT2D eigenvalue weighted by Gasteiger charge is -1.99. The summed E-state index contributed by atoms with van der Waals surface area (Å²) >= 11 is 6.67. The van der Waals surface area contributed by atoms with E-state index in [1.54, 1.807) is 29.8 Å². The van der Waals surface area contributed by atoms with Gasteiger partial charge in [-0.2, -0.15) is 0 Å². The number of thiazole rings is 1. The third kappa shape index (κ3) is 1.90. The van der Waals surface area contributed by atoms with Gasteiger partial charge in [-0.1, -0.05) is 11.3 Å². The average molecular weight is 256 g/mol. The maximum absolute atomic E-state index is 11.6. The maximum Gasteiger partial charge on any atom is 0.307 e. The summed E-state index contributed by atoms with van der Waals surface area (Å²) in [7, 11) is 1.72. The van der Waals surface area contributed by atoms with E-state index in [1.165, 1.54) is 0 Å². The van der Waals surface area contributed by atoms with Crippen molar-refractivity contribution in [3.05, 3.63) is 33.4 Å². The number of ketones is 1. The van der Waals surface area contributed by atoms with Crippen LogP contribution in [0.15, 0.2) is 23.0 Å². The number of benzene rings is 1. The van der Waals surface area contributed by atoms with Gasteiger partial charge in [-0.25, -0.2) is 0 Å². The summed E-state index contributed by atoms with van der Waals surface area (Å²) in [6.07, 6.45) is 0.328. The third-order valence-electron chi connectivity index (χ3n) is 2.44. The monoisotopic (exact) mass is 255 g/mol. The predicted octanol–water partition coefficient (Wildman–Crippen LogP) is 2.41. The van der Waals surface area contributed by atoms with Gasteiger partial charge >= 0.3 is 4.87 Å². The zero-order chi connectivity index (χ0) is 11.7. The highest BCUT2D eigenvalue weighted by Crippen LogP contribution is 2.19. The molecule has 0 aliphatic heterocycles. The lowest BCUT2D eigenvalue weighted by atomic mass is 10.1. The van der Waals surface area contributed by atoms with Crippen LogP contribution in [-0.4, -0.2) is 16.2 Å². The predicted molar refractivity (Wildman–Crippen MR) is 66.7 cm³/mol. The van der Waals surface area contributed by atoms with Gasteiger partial charge in [0.2, 0.25) is 0 Å². The van der Waals surface area contributed by atoms with Crippen molar-refractivity contribution >= 4 is 38.9 Å². The van der Waals surface area contributed by atoms with Crippen LogP contribution in [0.2, 0.25) is 0 Å². The highest BCUT2D eigenvalue weighted by Gasteiger charge is 2.09. The van der Waals surface area contributed by atoms with Crippen LogP contribution in [-0.2, 0) is 7.05 Å². The van der Waals surface area contributed by atoms with E-state index in [0.29, 0.717) is 17.9 Å². The molecule has 1 aromatic carbocycles. The molecule has 0 saturated heterocycles. The Labute approximate surface area is 101 Å². The third-order valence-corrected chi connectivity index (χ3v) is 3.62. The van der Waals surface area contributed by atoms with E-state index in [2.05, 4.69) is 0 Å².